The summed E-state index contributed by atoms with van der Waals surface area (Å²) in [4.78, 5) is 32.6. The van der Waals surface area contributed by atoms with E-state index in [1.807, 2.05) is 75.4 Å². The summed E-state index contributed by atoms with van der Waals surface area (Å²) < 4.78 is 5.64. The number of carbonyl (C=O) groups excluding carboxylic acids is 2. The lowest BCUT2D eigenvalue weighted by molar-refractivity contribution is -0.141. The van der Waals surface area contributed by atoms with Crippen molar-refractivity contribution < 1.29 is 14.3 Å². The molecule has 1 saturated heterocycles. The number of esters is 1. The number of aliphatic imine (C=N–C) groups is 1. The molecule has 0 bridgehead atoms. The predicted octanol–water partition coefficient (Wildman–Crippen LogP) is 4.78. The third-order valence-corrected chi connectivity index (χ3v) is 6.67. The van der Waals surface area contributed by atoms with E-state index in [4.69, 9.17) is 4.74 Å². The van der Waals surface area contributed by atoms with Gasteiger partial charge in [-0.05, 0) is 31.4 Å². The van der Waals surface area contributed by atoms with Gasteiger partial charge in [0, 0.05) is 0 Å². The van der Waals surface area contributed by atoms with Gasteiger partial charge in [-0.15, -0.1) is 0 Å². The highest BCUT2D eigenvalue weighted by molar-refractivity contribution is 8.15. The van der Waals surface area contributed by atoms with Gasteiger partial charge < -0.3 is 4.74 Å². The molecular formula is C24H24N2O3S. The highest BCUT2D eigenvalue weighted by Gasteiger charge is 2.47. The van der Waals surface area contributed by atoms with Gasteiger partial charge in [0.1, 0.15) is 6.61 Å². The van der Waals surface area contributed by atoms with Crippen LogP contribution in [0.2, 0.25) is 0 Å². The van der Waals surface area contributed by atoms with Gasteiger partial charge in [-0.25, -0.2) is 9.79 Å². The Labute approximate surface area is 180 Å². The molecule has 0 spiro atoms. The molecule has 2 aromatic rings. The molecular weight excluding hydrogens is 396 g/mol. The fourth-order valence-corrected chi connectivity index (χ4v) is 4.85. The molecule has 154 valence electrons. The van der Waals surface area contributed by atoms with Crippen molar-refractivity contribution in [3.05, 3.63) is 82.6 Å². The summed E-state index contributed by atoms with van der Waals surface area (Å²) >= 11 is 1.47. The largest absolute Gasteiger partial charge is 0.457 e. The maximum absolute atomic E-state index is 13.2. The predicted molar refractivity (Wildman–Crippen MR) is 119 cm³/mol. The van der Waals surface area contributed by atoms with Crippen LogP contribution in [-0.2, 0) is 20.9 Å². The van der Waals surface area contributed by atoms with Crippen LogP contribution in [0.3, 0.4) is 0 Å². The van der Waals surface area contributed by atoms with Crippen molar-refractivity contribution in [2.75, 3.05) is 0 Å². The van der Waals surface area contributed by atoms with Crippen molar-refractivity contribution >= 4 is 28.8 Å². The fourth-order valence-electron chi connectivity index (χ4n) is 3.72. The number of aryl methyl sites for hydroxylation is 1. The first kappa shape index (κ1) is 20.4. The lowest BCUT2D eigenvalue weighted by atomic mass is 9.93. The number of amides is 1. The molecule has 4 rings (SSSR count). The van der Waals surface area contributed by atoms with Crippen LogP contribution in [-0.4, -0.2) is 27.2 Å². The highest BCUT2D eigenvalue weighted by Crippen LogP contribution is 2.44. The summed E-state index contributed by atoms with van der Waals surface area (Å²) in [7, 11) is 0. The number of hydrogen-bond donors (Lipinski definition) is 0. The number of hydrogen-bond acceptors (Lipinski definition) is 5. The maximum Gasteiger partial charge on any atom is 0.338 e. The lowest BCUT2D eigenvalue weighted by Crippen LogP contribution is -2.40. The highest BCUT2D eigenvalue weighted by atomic mass is 32.2. The van der Waals surface area contributed by atoms with E-state index in [-0.39, 0.29) is 17.8 Å². The van der Waals surface area contributed by atoms with Gasteiger partial charge in [0.25, 0.3) is 0 Å². The standard InChI is InChI=1S/C24H24N2O3S/c1-4-19-22(27)26-21(18-12-10-15(2)11-13-18)20(16(3)25-24(26)30-19)23(28)29-14-17-8-6-5-7-9-17/h5-13,19,21H,4,14H2,1-3H3/t19-,21-/m1/s1. The van der Waals surface area contributed by atoms with Crippen LogP contribution >= 0.6 is 11.8 Å². The minimum absolute atomic E-state index is 0.00677. The number of thioether (sulfide) groups is 1. The normalized spacial score (nSPS) is 20.8. The Morgan fingerprint density at radius 2 is 1.80 bits per heavy atom. The van der Waals surface area contributed by atoms with Crippen molar-refractivity contribution in [1.82, 2.24) is 4.90 Å². The zero-order valence-electron chi connectivity index (χ0n) is 17.3. The van der Waals surface area contributed by atoms with Crippen LogP contribution in [0, 0.1) is 6.92 Å². The topological polar surface area (TPSA) is 59.0 Å². The third kappa shape index (κ3) is 3.79. The van der Waals surface area contributed by atoms with Gasteiger partial charge >= 0.3 is 5.97 Å². The fraction of sp³-hybridized carbons (Fsp3) is 0.292. The molecule has 2 aliphatic heterocycles. The molecule has 0 N–H and O–H groups in total. The van der Waals surface area contributed by atoms with Crippen molar-refractivity contribution in [3.8, 4) is 0 Å². The van der Waals surface area contributed by atoms with Gasteiger partial charge in [0.15, 0.2) is 5.17 Å². The number of benzene rings is 2. The summed E-state index contributed by atoms with van der Waals surface area (Å²) in [5, 5.41) is 0.485. The monoisotopic (exact) mass is 420 g/mol. The lowest BCUT2D eigenvalue weighted by Gasteiger charge is -2.33. The molecule has 2 aromatic carbocycles. The molecule has 0 unspecified atom stereocenters. The van der Waals surface area contributed by atoms with E-state index in [2.05, 4.69) is 4.99 Å². The number of amidine groups is 1. The Morgan fingerprint density at radius 3 is 2.47 bits per heavy atom. The molecule has 1 fully saturated rings. The minimum atomic E-state index is -0.530. The van der Waals surface area contributed by atoms with Gasteiger partial charge in [0.05, 0.1) is 22.6 Å². The Kier molecular flexibility index (Phi) is 5.77. The second-order valence-corrected chi connectivity index (χ2v) is 8.66. The zero-order valence-corrected chi connectivity index (χ0v) is 18.1. The third-order valence-electron chi connectivity index (χ3n) is 5.35. The van der Waals surface area contributed by atoms with E-state index in [0.29, 0.717) is 22.9 Å². The quantitative estimate of drug-likeness (QED) is 0.654. The van der Waals surface area contributed by atoms with Crippen LogP contribution in [0.25, 0.3) is 0 Å². The van der Waals surface area contributed by atoms with Crippen molar-refractivity contribution in [3.63, 3.8) is 0 Å². The SMILES string of the molecule is CC[C@H]1SC2=NC(C)=C(C(=O)OCc3ccccc3)[C@@H](c3ccc(C)cc3)N2C1=O. The van der Waals surface area contributed by atoms with Gasteiger partial charge in [-0.3, -0.25) is 9.69 Å². The van der Waals surface area contributed by atoms with Crippen LogP contribution in [0.1, 0.15) is 43.0 Å². The molecule has 5 nitrogen and oxygen atoms in total. The molecule has 0 aromatic heterocycles. The van der Waals surface area contributed by atoms with Crippen LogP contribution in [0.4, 0.5) is 0 Å². The van der Waals surface area contributed by atoms with Gasteiger partial charge in [-0.2, -0.15) is 0 Å². The zero-order chi connectivity index (χ0) is 21.3. The molecule has 1 amide bonds. The number of fused-ring (bicyclic) bond motifs is 1. The first-order valence-corrected chi connectivity index (χ1v) is 10.9. The summed E-state index contributed by atoms with van der Waals surface area (Å²) in [6, 6.07) is 17.0. The van der Waals surface area contributed by atoms with Crippen molar-refractivity contribution in [2.45, 2.75) is 45.1 Å². The second kappa shape index (κ2) is 8.48. The van der Waals surface area contributed by atoms with E-state index >= 15 is 0 Å². The van der Waals surface area contributed by atoms with Crippen LogP contribution < -0.4 is 0 Å². The number of allylic oxidation sites excluding steroid dienone is 1. The summed E-state index contributed by atoms with van der Waals surface area (Å²) in [6.45, 7) is 5.99. The average Bonchev–Trinajstić information content (AvgIpc) is 3.07. The molecule has 2 atom stereocenters. The molecule has 0 aliphatic carbocycles. The summed E-state index contributed by atoms with van der Waals surface area (Å²) in [5.41, 5.74) is 3.93. The smallest absolute Gasteiger partial charge is 0.338 e. The Bertz CT molecular complexity index is 1030. The first-order valence-electron chi connectivity index (χ1n) is 10.1. The average molecular weight is 421 g/mol. The van der Waals surface area contributed by atoms with Crippen LogP contribution in [0.15, 0.2) is 70.9 Å². The van der Waals surface area contributed by atoms with Gasteiger partial charge in [-0.1, -0.05) is 78.8 Å². The van der Waals surface area contributed by atoms with E-state index < -0.39 is 12.0 Å². The molecule has 0 saturated carbocycles. The first-order chi connectivity index (χ1) is 14.5. The molecule has 2 aliphatic rings. The number of ether oxygens (including phenoxy) is 1. The number of nitrogens with zero attached hydrogens (tertiary/aromatic N) is 2. The minimum Gasteiger partial charge on any atom is -0.457 e. The second-order valence-electron chi connectivity index (χ2n) is 7.49. The number of carbonyl (C=O) groups is 2. The van der Waals surface area contributed by atoms with E-state index in [0.717, 1.165) is 16.7 Å². The Balaban J connectivity index is 1.71. The number of rotatable bonds is 5. The van der Waals surface area contributed by atoms with Crippen molar-refractivity contribution in [2.24, 2.45) is 4.99 Å². The summed E-state index contributed by atoms with van der Waals surface area (Å²) in [6.07, 6.45) is 0.715. The Hall–Kier alpha value is -2.86. The maximum atomic E-state index is 13.2. The van der Waals surface area contributed by atoms with E-state index in [1.165, 1.54) is 11.8 Å². The van der Waals surface area contributed by atoms with Crippen LogP contribution in [0.5, 0.6) is 0 Å². The molecule has 2 heterocycles. The van der Waals surface area contributed by atoms with Gasteiger partial charge in [0.2, 0.25) is 5.91 Å². The van der Waals surface area contributed by atoms with E-state index in [9.17, 15) is 9.59 Å². The molecule has 6 heteroatoms. The summed E-state index contributed by atoms with van der Waals surface area (Å²) in [5.74, 6) is -0.449. The van der Waals surface area contributed by atoms with Crippen molar-refractivity contribution in [1.29, 1.82) is 0 Å². The molecule has 30 heavy (non-hydrogen) atoms. The molecule has 0 radical (unpaired) electrons. The Morgan fingerprint density at radius 1 is 1.10 bits per heavy atom. The van der Waals surface area contributed by atoms with E-state index in [1.54, 1.807) is 4.90 Å².